The molecule has 2 aromatic carbocycles. The van der Waals surface area contributed by atoms with Crippen LogP contribution >= 0.6 is 0 Å². The summed E-state index contributed by atoms with van der Waals surface area (Å²) in [7, 11) is 2.99. The van der Waals surface area contributed by atoms with E-state index in [1.807, 2.05) is 6.07 Å². The Morgan fingerprint density at radius 2 is 1.80 bits per heavy atom. The average molecular weight is 414 g/mol. The molecular formula is C21H22N2O7. The van der Waals surface area contributed by atoms with E-state index in [4.69, 9.17) is 14.2 Å². The predicted molar refractivity (Wildman–Crippen MR) is 105 cm³/mol. The number of β-lactam (4-membered cyclic amide) rings is 1. The quantitative estimate of drug-likeness (QED) is 0.590. The summed E-state index contributed by atoms with van der Waals surface area (Å²) in [5.74, 6) is -0.746. The Hall–Kier alpha value is -3.75. The van der Waals surface area contributed by atoms with Crippen molar-refractivity contribution in [2.75, 3.05) is 20.8 Å². The summed E-state index contributed by atoms with van der Waals surface area (Å²) >= 11 is 0. The summed E-state index contributed by atoms with van der Waals surface area (Å²) in [6.45, 7) is -0.303. The Labute approximate surface area is 173 Å². The van der Waals surface area contributed by atoms with Crippen molar-refractivity contribution in [1.29, 1.82) is 0 Å². The van der Waals surface area contributed by atoms with Crippen LogP contribution < -0.4 is 19.5 Å². The molecule has 1 saturated heterocycles. The lowest BCUT2D eigenvalue weighted by Crippen LogP contribution is -2.73. The third-order valence-corrected chi connectivity index (χ3v) is 4.72. The van der Waals surface area contributed by atoms with E-state index in [-0.39, 0.29) is 13.2 Å². The molecule has 1 aliphatic heterocycles. The lowest BCUT2D eigenvalue weighted by molar-refractivity contribution is -0.168. The van der Waals surface area contributed by atoms with Gasteiger partial charge in [-0.2, -0.15) is 0 Å². The van der Waals surface area contributed by atoms with Crippen molar-refractivity contribution in [2.45, 2.75) is 18.6 Å². The van der Waals surface area contributed by atoms with E-state index < -0.39 is 29.9 Å². The minimum Gasteiger partial charge on any atom is -0.497 e. The van der Waals surface area contributed by atoms with Crippen LogP contribution in [-0.2, 0) is 20.9 Å². The van der Waals surface area contributed by atoms with Crippen LogP contribution in [0.15, 0.2) is 48.5 Å². The second-order valence-corrected chi connectivity index (χ2v) is 6.57. The highest BCUT2D eigenvalue weighted by molar-refractivity contribution is 6.01. The topological polar surface area (TPSA) is 114 Å². The number of benzene rings is 2. The first-order valence-corrected chi connectivity index (χ1v) is 9.16. The van der Waals surface area contributed by atoms with Gasteiger partial charge >= 0.3 is 5.97 Å². The molecule has 3 rings (SSSR count). The number of rotatable bonds is 9. The molecule has 0 radical (unpaired) electrons. The summed E-state index contributed by atoms with van der Waals surface area (Å²) in [5.41, 5.74) is 0.620. The molecule has 2 aromatic rings. The molecule has 1 fully saturated rings. The first-order chi connectivity index (χ1) is 14.4. The second kappa shape index (κ2) is 9.17. The highest BCUT2D eigenvalue weighted by atomic mass is 16.5. The number of para-hydroxylation sites is 1. The van der Waals surface area contributed by atoms with Crippen molar-refractivity contribution in [3.05, 3.63) is 54.1 Å². The minimum absolute atomic E-state index is 0.0237. The number of ether oxygens (including phenoxy) is 3. The van der Waals surface area contributed by atoms with Crippen molar-refractivity contribution in [3.63, 3.8) is 0 Å². The monoisotopic (exact) mass is 414 g/mol. The fourth-order valence-electron chi connectivity index (χ4n) is 3.19. The van der Waals surface area contributed by atoms with Crippen molar-refractivity contribution >= 4 is 17.8 Å². The third-order valence-electron chi connectivity index (χ3n) is 4.72. The summed E-state index contributed by atoms with van der Waals surface area (Å²) in [4.78, 5) is 37.6. The van der Waals surface area contributed by atoms with Gasteiger partial charge in [0.05, 0.1) is 20.8 Å². The zero-order chi connectivity index (χ0) is 21.7. The van der Waals surface area contributed by atoms with Gasteiger partial charge in [-0.25, -0.2) is 4.79 Å². The van der Waals surface area contributed by atoms with Crippen LogP contribution in [-0.4, -0.2) is 60.7 Å². The average Bonchev–Trinajstić information content (AvgIpc) is 2.76. The van der Waals surface area contributed by atoms with Gasteiger partial charge in [-0.3, -0.25) is 9.59 Å². The van der Waals surface area contributed by atoms with Crippen molar-refractivity contribution in [3.8, 4) is 17.2 Å². The van der Waals surface area contributed by atoms with Gasteiger partial charge in [-0.1, -0.05) is 18.2 Å². The molecule has 9 nitrogen and oxygen atoms in total. The van der Waals surface area contributed by atoms with Gasteiger partial charge in [0.1, 0.15) is 23.3 Å². The number of amides is 2. The van der Waals surface area contributed by atoms with Gasteiger partial charge in [0.15, 0.2) is 12.6 Å². The Morgan fingerprint density at radius 3 is 2.43 bits per heavy atom. The SMILES string of the molecule is COc1ccc(CN2C(=O)[C@@H](NC(=O)COc3ccccc3)[C@H]2C(=O)O)c(OC)c1. The molecule has 2 atom stereocenters. The molecule has 1 aliphatic rings. The van der Waals surface area contributed by atoms with Crippen LogP contribution in [0.25, 0.3) is 0 Å². The molecular weight excluding hydrogens is 392 g/mol. The number of nitrogens with zero attached hydrogens (tertiary/aromatic N) is 1. The zero-order valence-corrected chi connectivity index (χ0v) is 16.5. The van der Waals surface area contributed by atoms with E-state index in [2.05, 4.69) is 5.32 Å². The van der Waals surface area contributed by atoms with Gasteiger partial charge in [0, 0.05) is 11.6 Å². The number of hydrogen-bond donors (Lipinski definition) is 2. The fraction of sp³-hybridized carbons (Fsp3) is 0.286. The van der Waals surface area contributed by atoms with Gasteiger partial charge in [0.25, 0.3) is 5.91 Å². The number of likely N-dealkylation sites (tertiary alicyclic amines) is 1. The van der Waals surface area contributed by atoms with Gasteiger partial charge in [0.2, 0.25) is 5.91 Å². The maximum atomic E-state index is 12.6. The number of carboxylic acids is 1. The lowest BCUT2D eigenvalue weighted by Gasteiger charge is -2.44. The predicted octanol–water partition coefficient (Wildman–Crippen LogP) is 1.06. The van der Waals surface area contributed by atoms with E-state index in [0.717, 1.165) is 0 Å². The summed E-state index contributed by atoms with van der Waals surface area (Å²) in [6, 6.07) is 11.4. The van der Waals surface area contributed by atoms with Crippen LogP contribution in [0.3, 0.4) is 0 Å². The third kappa shape index (κ3) is 4.45. The van der Waals surface area contributed by atoms with Crippen molar-refractivity contribution in [2.24, 2.45) is 0 Å². The van der Waals surface area contributed by atoms with Gasteiger partial charge < -0.3 is 29.5 Å². The Morgan fingerprint density at radius 1 is 1.07 bits per heavy atom. The molecule has 158 valence electrons. The normalized spacial score (nSPS) is 17.7. The fourth-order valence-corrected chi connectivity index (χ4v) is 3.19. The lowest BCUT2D eigenvalue weighted by atomic mass is 9.93. The maximum absolute atomic E-state index is 12.6. The van der Waals surface area contributed by atoms with Gasteiger partial charge in [-0.05, 0) is 24.3 Å². The highest BCUT2D eigenvalue weighted by Crippen LogP contribution is 2.30. The second-order valence-electron chi connectivity index (χ2n) is 6.57. The molecule has 1 heterocycles. The van der Waals surface area contributed by atoms with Gasteiger partial charge in [-0.15, -0.1) is 0 Å². The molecule has 0 unspecified atom stereocenters. The molecule has 0 bridgehead atoms. The standard InChI is InChI=1S/C21H22N2O7/c1-28-15-9-8-13(16(10-15)29-2)11-23-19(21(26)27)18(20(23)25)22-17(24)12-30-14-6-4-3-5-7-14/h3-10,18-19H,11-12H2,1-2H3,(H,22,24)(H,26,27)/t18-,19-/m0/s1. The molecule has 30 heavy (non-hydrogen) atoms. The molecule has 0 aromatic heterocycles. The number of carboxylic acid groups (broad SMARTS) is 1. The van der Waals surface area contributed by atoms with E-state index >= 15 is 0 Å². The number of aliphatic carboxylic acids is 1. The zero-order valence-electron chi connectivity index (χ0n) is 16.5. The van der Waals surface area contributed by atoms with Crippen LogP contribution in [0.2, 0.25) is 0 Å². The molecule has 0 aliphatic carbocycles. The Bertz CT molecular complexity index is 932. The van der Waals surface area contributed by atoms with Crippen molar-refractivity contribution in [1.82, 2.24) is 10.2 Å². The summed E-state index contributed by atoms with van der Waals surface area (Å²) in [5, 5.41) is 12.0. The Balaban J connectivity index is 1.64. The molecule has 0 saturated carbocycles. The first kappa shape index (κ1) is 21.0. The molecule has 9 heteroatoms. The number of carbonyl (C=O) groups excluding carboxylic acids is 2. The van der Waals surface area contributed by atoms with E-state index in [1.165, 1.54) is 19.1 Å². The van der Waals surface area contributed by atoms with Crippen LogP contribution in [0, 0.1) is 0 Å². The minimum atomic E-state index is -1.21. The summed E-state index contributed by atoms with van der Waals surface area (Å²) < 4.78 is 15.8. The van der Waals surface area contributed by atoms with Crippen LogP contribution in [0.1, 0.15) is 5.56 Å². The Kier molecular flexibility index (Phi) is 6.41. The maximum Gasteiger partial charge on any atom is 0.329 e. The number of methoxy groups -OCH3 is 2. The van der Waals surface area contributed by atoms with E-state index in [0.29, 0.717) is 22.8 Å². The number of carbonyl (C=O) groups is 3. The van der Waals surface area contributed by atoms with Crippen LogP contribution in [0.4, 0.5) is 0 Å². The molecule has 0 spiro atoms. The molecule has 2 amide bonds. The van der Waals surface area contributed by atoms with E-state index in [9.17, 15) is 19.5 Å². The van der Waals surface area contributed by atoms with E-state index in [1.54, 1.807) is 42.5 Å². The summed E-state index contributed by atoms with van der Waals surface area (Å²) in [6.07, 6.45) is 0. The highest BCUT2D eigenvalue weighted by Gasteiger charge is 2.52. The largest absolute Gasteiger partial charge is 0.497 e. The number of nitrogens with one attached hydrogen (secondary N) is 1. The number of hydrogen-bond acceptors (Lipinski definition) is 6. The first-order valence-electron chi connectivity index (χ1n) is 9.16. The van der Waals surface area contributed by atoms with Crippen molar-refractivity contribution < 1.29 is 33.7 Å². The molecule has 2 N–H and O–H groups in total. The van der Waals surface area contributed by atoms with Crippen LogP contribution in [0.5, 0.6) is 17.2 Å². The smallest absolute Gasteiger partial charge is 0.329 e.